The van der Waals surface area contributed by atoms with Gasteiger partial charge in [-0.25, -0.2) is 0 Å². The molecule has 1 aliphatic rings. The number of anilines is 1. The molecule has 19 heavy (non-hydrogen) atoms. The molecule has 1 saturated heterocycles. The molecule has 1 aliphatic heterocycles. The number of β-amino-alcohol motifs (C(OH)–C–C–N with tert-alkyl or cyclic N) is 1. The summed E-state index contributed by atoms with van der Waals surface area (Å²) in [6.45, 7) is 4.76. The predicted molar refractivity (Wildman–Crippen MR) is 76.3 cm³/mol. The number of nitrogens with two attached hydrogens (primary N) is 1. The molecule has 0 saturated carbocycles. The van der Waals surface area contributed by atoms with E-state index in [1.54, 1.807) is 19.2 Å². The number of aliphatic hydroxyl groups is 1. The Balaban J connectivity index is 1.96. The normalized spacial score (nSPS) is 19.3. The first-order valence-corrected chi connectivity index (χ1v) is 6.62. The Labute approximate surface area is 114 Å². The number of likely N-dealkylation sites (N-methyl/N-ethyl adjacent to an activating group) is 1. The monoisotopic (exact) mass is 265 g/mol. The second kappa shape index (κ2) is 6.23. The molecule has 1 aromatic carbocycles. The summed E-state index contributed by atoms with van der Waals surface area (Å²) >= 11 is 0. The Bertz CT molecular complexity index is 417. The van der Waals surface area contributed by atoms with Crippen LogP contribution in [0.5, 0.6) is 5.75 Å². The third-order valence-electron chi connectivity index (χ3n) is 3.67. The summed E-state index contributed by atoms with van der Waals surface area (Å²) in [7, 11) is 3.71. The molecule has 1 fully saturated rings. The van der Waals surface area contributed by atoms with Crippen molar-refractivity contribution in [1.82, 2.24) is 9.80 Å². The average molecular weight is 265 g/mol. The molecule has 3 N–H and O–H groups in total. The molecule has 1 unspecified atom stereocenters. The molecule has 0 spiro atoms. The molecule has 106 valence electrons. The van der Waals surface area contributed by atoms with Crippen molar-refractivity contribution < 1.29 is 9.84 Å². The molecule has 1 atom stereocenters. The van der Waals surface area contributed by atoms with Crippen LogP contribution >= 0.6 is 0 Å². The van der Waals surface area contributed by atoms with Gasteiger partial charge < -0.3 is 20.5 Å². The summed E-state index contributed by atoms with van der Waals surface area (Å²) in [4.78, 5) is 4.58. The maximum Gasteiger partial charge on any atom is 0.141 e. The second-order valence-electron chi connectivity index (χ2n) is 5.12. The first kappa shape index (κ1) is 14.1. The minimum atomic E-state index is -0.503. The fraction of sp³-hybridized carbons (Fsp3) is 0.571. The summed E-state index contributed by atoms with van der Waals surface area (Å²) < 4.78 is 5.12. The van der Waals surface area contributed by atoms with Gasteiger partial charge in [-0.3, -0.25) is 4.90 Å². The number of benzene rings is 1. The van der Waals surface area contributed by atoms with Gasteiger partial charge in [0.1, 0.15) is 5.75 Å². The molecule has 5 nitrogen and oxygen atoms in total. The lowest BCUT2D eigenvalue weighted by atomic mass is 10.1. The molecule has 1 heterocycles. The van der Waals surface area contributed by atoms with Crippen molar-refractivity contribution in [2.24, 2.45) is 0 Å². The SMILES string of the molecule is COc1ccc(C(O)CN2CCN(C)CC2)cc1N. The van der Waals surface area contributed by atoms with Crippen molar-refractivity contribution in [1.29, 1.82) is 0 Å². The highest BCUT2D eigenvalue weighted by Crippen LogP contribution is 2.25. The van der Waals surface area contributed by atoms with Gasteiger partial charge in [-0.15, -0.1) is 0 Å². The molecule has 2 rings (SSSR count). The van der Waals surface area contributed by atoms with E-state index in [4.69, 9.17) is 10.5 Å². The molecule has 1 aromatic rings. The van der Waals surface area contributed by atoms with Crippen molar-refractivity contribution in [3.05, 3.63) is 23.8 Å². The van der Waals surface area contributed by atoms with E-state index in [2.05, 4.69) is 16.8 Å². The smallest absolute Gasteiger partial charge is 0.141 e. The predicted octanol–water partition coefficient (Wildman–Crippen LogP) is 0.558. The topological polar surface area (TPSA) is 62.0 Å². The molecule has 0 bridgehead atoms. The van der Waals surface area contributed by atoms with Crippen LogP contribution in [0.15, 0.2) is 18.2 Å². The van der Waals surface area contributed by atoms with Gasteiger partial charge in [0.2, 0.25) is 0 Å². The lowest BCUT2D eigenvalue weighted by Gasteiger charge is -2.33. The summed E-state index contributed by atoms with van der Waals surface area (Å²) in [5.74, 6) is 0.649. The van der Waals surface area contributed by atoms with Crippen molar-refractivity contribution in [2.45, 2.75) is 6.10 Å². The van der Waals surface area contributed by atoms with Crippen LogP contribution in [0, 0.1) is 0 Å². The maximum atomic E-state index is 10.3. The van der Waals surface area contributed by atoms with Crippen LogP contribution < -0.4 is 10.5 Å². The van der Waals surface area contributed by atoms with Crippen molar-refractivity contribution in [3.63, 3.8) is 0 Å². The van der Waals surface area contributed by atoms with Crippen LogP contribution in [0.1, 0.15) is 11.7 Å². The summed E-state index contributed by atoms with van der Waals surface area (Å²) in [6, 6.07) is 5.47. The fourth-order valence-corrected chi connectivity index (χ4v) is 2.34. The highest BCUT2D eigenvalue weighted by molar-refractivity contribution is 5.54. The number of ether oxygens (including phenoxy) is 1. The number of aliphatic hydroxyl groups excluding tert-OH is 1. The third kappa shape index (κ3) is 3.59. The largest absolute Gasteiger partial charge is 0.495 e. The standard InChI is InChI=1S/C14H23N3O2/c1-16-5-7-17(8-6-16)10-13(18)11-3-4-14(19-2)12(15)9-11/h3-4,9,13,18H,5-8,10,15H2,1-2H3. The number of hydrogen-bond donors (Lipinski definition) is 2. The summed E-state index contributed by atoms with van der Waals surface area (Å²) in [6.07, 6.45) is -0.503. The number of nitrogens with zero attached hydrogens (tertiary/aromatic N) is 2. The van der Waals surface area contributed by atoms with Gasteiger partial charge in [0.15, 0.2) is 0 Å². The highest BCUT2D eigenvalue weighted by atomic mass is 16.5. The van der Waals surface area contributed by atoms with E-state index in [-0.39, 0.29) is 0 Å². The van der Waals surface area contributed by atoms with Crippen LogP contribution in [0.2, 0.25) is 0 Å². The molecule has 5 heteroatoms. The number of hydrogen-bond acceptors (Lipinski definition) is 5. The van der Waals surface area contributed by atoms with Crippen LogP contribution in [-0.2, 0) is 0 Å². The quantitative estimate of drug-likeness (QED) is 0.779. The Hall–Kier alpha value is -1.30. The van der Waals surface area contributed by atoms with Gasteiger partial charge in [-0.2, -0.15) is 0 Å². The first-order valence-electron chi connectivity index (χ1n) is 6.62. The Kier molecular flexibility index (Phi) is 4.63. The lowest BCUT2D eigenvalue weighted by molar-refractivity contribution is 0.0805. The summed E-state index contributed by atoms with van der Waals surface area (Å²) in [5.41, 5.74) is 7.28. The van der Waals surface area contributed by atoms with Gasteiger partial charge in [-0.05, 0) is 24.7 Å². The molecule has 0 aromatic heterocycles. The van der Waals surface area contributed by atoms with Crippen molar-refractivity contribution in [3.8, 4) is 5.75 Å². The first-order chi connectivity index (χ1) is 9.10. The van der Waals surface area contributed by atoms with Crippen LogP contribution in [0.25, 0.3) is 0 Å². The lowest BCUT2D eigenvalue weighted by Crippen LogP contribution is -2.45. The van der Waals surface area contributed by atoms with Crippen LogP contribution in [0.4, 0.5) is 5.69 Å². The minimum absolute atomic E-state index is 0.503. The Morgan fingerprint density at radius 3 is 2.58 bits per heavy atom. The van der Waals surface area contributed by atoms with E-state index >= 15 is 0 Å². The van der Waals surface area contributed by atoms with Gasteiger partial charge in [-0.1, -0.05) is 6.07 Å². The average Bonchev–Trinajstić information content (AvgIpc) is 2.41. The van der Waals surface area contributed by atoms with Crippen molar-refractivity contribution in [2.75, 3.05) is 52.6 Å². The Morgan fingerprint density at radius 2 is 2.00 bits per heavy atom. The van der Waals surface area contributed by atoms with Gasteiger partial charge in [0.25, 0.3) is 0 Å². The van der Waals surface area contributed by atoms with Gasteiger partial charge in [0, 0.05) is 32.7 Å². The summed E-state index contributed by atoms with van der Waals surface area (Å²) in [5, 5.41) is 10.3. The molecular formula is C14H23N3O2. The van der Waals surface area contributed by atoms with Gasteiger partial charge in [0.05, 0.1) is 18.9 Å². The molecule has 0 amide bonds. The molecular weight excluding hydrogens is 242 g/mol. The highest BCUT2D eigenvalue weighted by Gasteiger charge is 2.18. The number of rotatable bonds is 4. The maximum absolute atomic E-state index is 10.3. The number of methoxy groups -OCH3 is 1. The Morgan fingerprint density at radius 1 is 1.32 bits per heavy atom. The van der Waals surface area contributed by atoms with Gasteiger partial charge >= 0.3 is 0 Å². The van der Waals surface area contributed by atoms with E-state index < -0.39 is 6.10 Å². The fourth-order valence-electron chi connectivity index (χ4n) is 2.34. The van der Waals surface area contributed by atoms with E-state index in [0.29, 0.717) is 18.0 Å². The zero-order valence-corrected chi connectivity index (χ0v) is 11.7. The number of nitrogen functional groups attached to an aromatic ring is 1. The van der Waals surface area contributed by atoms with Crippen LogP contribution in [0.3, 0.4) is 0 Å². The molecule has 0 aliphatic carbocycles. The third-order valence-corrected chi connectivity index (χ3v) is 3.67. The zero-order valence-electron chi connectivity index (χ0n) is 11.7. The van der Waals surface area contributed by atoms with E-state index in [1.165, 1.54) is 0 Å². The number of piperazine rings is 1. The molecule has 0 radical (unpaired) electrons. The van der Waals surface area contributed by atoms with E-state index in [0.717, 1.165) is 31.7 Å². The van der Waals surface area contributed by atoms with Crippen LogP contribution in [-0.4, -0.2) is 61.8 Å². The second-order valence-corrected chi connectivity index (χ2v) is 5.12. The van der Waals surface area contributed by atoms with Crippen molar-refractivity contribution >= 4 is 5.69 Å². The van der Waals surface area contributed by atoms with E-state index in [9.17, 15) is 5.11 Å². The van der Waals surface area contributed by atoms with E-state index in [1.807, 2.05) is 6.07 Å². The zero-order chi connectivity index (χ0) is 13.8. The minimum Gasteiger partial charge on any atom is -0.495 e.